The van der Waals surface area contributed by atoms with Gasteiger partial charge in [0, 0.05) is 45.0 Å². The van der Waals surface area contributed by atoms with Crippen molar-refractivity contribution in [1.29, 1.82) is 0 Å². The van der Waals surface area contributed by atoms with Gasteiger partial charge >= 0.3 is 0 Å². The van der Waals surface area contributed by atoms with Crippen LogP contribution in [-0.2, 0) is 9.59 Å². The monoisotopic (exact) mass is 326 g/mol. The van der Waals surface area contributed by atoms with E-state index in [-0.39, 0.29) is 17.9 Å². The van der Waals surface area contributed by atoms with Crippen LogP contribution in [0.1, 0.15) is 12.8 Å². The minimum atomic E-state index is -0.138. The summed E-state index contributed by atoms with van der Waals surface area (Å²) < 4.78 is 0. The summed E-state index contributed by atoms with van der Waals surface area (Å²) in [7, 11) is 0. The van der Waals surface area contributed by atoms with Gasteiger partial charge in [-0.3, -0.25) is 14.5 Å². The molecule has 3 fully saturated rings. The number of rotatable bonds is 5. The molecule has 1 N–H and O–H groups in total. The molecule has 6 nitrogen and oxygen atoms in total. The van der Waals surface area contributed by atoms with Gasteiger partial charge in [0.2, 0.25) is 11.8 Å². The number of carbonyl (C=O) groups excluding carboxylic acids is 2. The molecule has 1 atom stereocenters. The summed E-state index contributed by atoms with van der Waals surface area (Å²) in [6.07, 6.45) is 2.63. The van der Waals surface area contributed by atoms with Crippen molar-refractivity contribution in [3.05, 3.63) is 0 Å². The molecule has 3 heterocycles. The summed E-state index contributed by atoms with van der Waals surface area (Å²) in [4.78, 5) is 30.8. The second kappa shape index (κ2) is 7.66. The normalized spacial score (nSPS) is 26.8. The Bertz CT molecular complexity index is 414. The van der Waals surface area contributed by atoms with Gasteiger partial charge in [-0.25, -0.2) is 0 Å². The molecule has 0 saturated carbocycles. The number of fused-ring (bicyclic) bond motifs is 1. The fourth-order valence-electron chi connectivity index (χ4n) is 3.45. The lowest BCUT2D eigenvalue weighted by molar-refractivity contribution is -0.138. The summed E-state index contributed by atoms with van der Waals surface area (Å²) in [5.74, 6) is 1.83. The summed E-state index contributed by atoms with van der Waals surface area (Å²) in [6, 6.07) is -0.138. The highest BCUT2D eigenvalue weighted by molar-refractivity contribution is 7.99. The van der Waals surface area contributed by atoms with E-state index in [1.165, 1.54) is 25.9 Å². The zero-order chi connectivity index (χ0) is 15.4. The van der Waals surface area contributed by atoms with E-state index in [0.717, 1.165) is 38.5 Å². The van der Waals surface area contributed by atoms with Crippen molar-refractivity contribution in [3.8, 4) is 0 Å². The molecule has 0 aromatic heterocycles. The number of carbonyl (C=O) groups is 2. The van der Waals surface area contributed by atoms with E-state index in [4.69, 9.17) is 0 Å². The lowest BCUT2D eigenvalue weighted by atomic mass is 10.1. The van der Waals surface area contributed by atoms with Crippen LogP contribution in [0.2, 0.25) is 0 Å². The summed E-state index contributed by atoms with van der Waals surface area (Å²) in [6.45, 7) is 7.30. The number of thioether (sulfide) groups is 1. The molecule has 0 aliphatic carbocycles. The van der Waals surface area contributed by atoms with Gasteiger partial charge in [0.15, 0.2) is 0 Å². The van der Waals surface area contributed by atoms with E-state index in [1.54, 1.807) is 11.8 Å². The number of piperazine rings is 2. The molecule has 0 unspecified atom stereocenters. The number of hydrogen-bond acceptors (Lipinski definition) is 5. The third-order valence-corrected chi connectivity index (χ3v) is 5.74. The Hall–Kier alpha value is -0.790. The smallest absolute Gasteiger partial charge is 0.239 e. The third kappa shape index (κ3) is 3.94. The minimum Gasteiger partial charge on any atom is -0.353 e. The number of hydrogen-bond donors (Lipinski definition) is 1. The maximum atomic E-state index is 12.3. The van der Waals surface area contributed by atoms with Crippen LogP contribution in [0, 0.1) is 0 Å². The Morgan fingerprint density at radius 1 is 1.18 bits per heavy atom. The second-order valence-corrected chi connectivity index (χ2v) is 7.39. The fourth-order valence-corrected chi connectivity index (χ4v) is 4.34. The number of nitrogens with zero attached hydrogens (tertiary/aromatic N) is 3. The fraction of sp³-hybridized carbons (Fsp3) is 0.867. The van der Waals surface area contributed by atoms with E-state index in [1.807, 2.05) is 4.90 Å². The summed E-state index contributed by atoms with van der Waals surface area (Å²) in [5.41, 5.74) is 0. The molecule has 3 aliphatic heterocycles. The van der Waals surface area contributed by atoms with Crippen LogP contribution in [0.4, 0.5) is 0 Å². The molecular formula is C15H26N4O2S. The molecule has 3 rings (SSSR count). The lowest BCUT2D eigenvalue weighted by Crippen LogP contribution is -2.64. The predicted octanol–water partition coefficient (Wildman–Crippen LogP) is -0.542. The van der Waals surface area contributed by atoms with E-state index < -0.39 is 0 Å². The molecule has 0 bridgehead atoms. The van der Waals surface area contributed by atoms with Crippen LogP contribution in [0.25, 0.3) is 0 Å². The number of nitrogens with one attached hydrogen (secondary N) is 1. The average Bonchev–Trinajstić information content (AvgIpc) is 3.05. The molecular weight excluding hydrogens is 300 g/mol. The topological polar surface area (TPSA) is 55.9 Å². The third-order valence-electron chi connectivity index (χ3n) is 4.82. The summed E-state index contributed by atoms with van der Waals surface area (Å²) >= 11 is 1.72. The molecule has 3 saturated heterocycles. The number of amides is 2. The Balaban J connectivity index is 1.37. The molecule has 124 valence electrons. The van der Waals surface area contributed by atoms with Crippen LogP contribution < -0.4 is 5.32 Å². The van der Waals surface area contributed by atoms with E-state index >= 15 is 0 Å². The van der Waals surface area contributed by atoms with Gasteiger partial charge in [0.1, 0.15) is 6.04 Å². The first-order valence-electron chi connectivity index (χ1n) is 8.34. The maximum Gasteiger partial charge on any atom is 0.239 e. The van der Waals surface area contributed by atoms with Crippen molar-refractivity contribution in [1.82, 2.24) is 20.0 Å². The molecule has 22 heavy (non-hydrogen) atoms. The molecule has 0 spiro atoms. The Morgan fingerprint density at radius 2 is 2.00 bits per heavy atom. The van der Waals surface area contributed by atoms with Gasteiger partial charge in [-0.1, -0.05) is 0 Å². The van der Waals surface area contributed by atoms with Crippen molar-refractivity contribution in [2.75, 3.05) is 63.9 Å². The van der Waals surface area contributed by atoms with Crippen molar-refractivity contribution < 1.29 is 9.59 Å². The first kappa shape index (κ1) is 16.1. The Kier molecular flexibility index (Phi) is 5.60. The van der Waals surface area contributed by atoms with Crippen LogP contribution in [0.5, 0.6) is 0 Å². The van der Waals surface area contributed by atoms with Gasteiger partial charge in [0.25, 0.3) is 0 Å². The maximum absolute atomic E-state index is 12.3. The zero-order valence-corrected chi connectivity index (χ0v) is 13.9. The van der Waals surface area contributed by atoms with Crippen LogP contribution in [-0.4, -0.2) is 96.4 Å². The molecule has 7 heteroatoms. The van der Waals surface area contributed by atoms with Crippen LogP contribution in [0.15, 0.2) is 0 Å². The van der Waals surface area contributed by atoms with Gasteiger partial charge in [-0.15, -0.1) is 0 Å². The highest BCUT2D eigenvalue weighted by Gasteiger charge is 2.36. The largest absolute Gasteiger partial charge is 0.353 e. The Labute approximate surface area is 136 Å². The first-order valence-corrected chi connectivity index (χ1v) is 9.49. The first-order chi connectivity index (χ1) is 10.7. The van der Waals surface area contributed by atoms with Crippen molar-refractivity contribution >= 4 is 23.6 Å². The molecule has 0 aromatic rings. The van der Waals surface area contributed by atoms with E-state index in [0.29, 0.717) is 12.3 Å². The van der Waals surface area contributed by atoms with Crippen molar-refractivity contribution in [2.24, 2.45) is 0 Å². The Morgan fingerprint density at radius 3 is 2.82 bits per heavy atom. The number of likely N-dealkylation sites (tertiary alicyclic amines) is 1. The van der Waals surface area contributed by atoms with E-state index in [9.17, 15) is 9.59 Å². The van der Waals surface area contributed by atoms with E-state index in [2.05, 4.69) is 15.1 Å². The molecule has 3 aliphatic rings. The molecule has 0 radical (unpaired) electrons. The highest BCUT2D eigenvalue weighted by atomic mass is 32.2. The predicted molar refractivity (Wildman–Crippen MR) is 87.9 cm³/mol. The van der Waals surface area contributed by atoms with Crippen LogP contribution >= 0.6 is 11.8 Å². The van der Waals surface area contributed by atoms with Gasteiger partial charge in [-0.2, -0.15) is 11.8 Å². The molecule has 2 amide bonds. The van der Waals surface area contributed by atoms with Crippen LogP contribution in [0.3, 0.4) is 0 Å². The van der Waals surface area contributed by atoms with Crippen molar-refractivity contribution in [2.45, 2.75) is 18.9 Å². The average molecular weight is 326 g/mol. The lowest BCUT2D eigenvalue weighted by Gasteiger charge is -2.43. The summed E-state index contributed by atoms with van der Waals surface area (Å²) in [5, 5.41) is 2.89. The quantitative estimate of drug-likeness (QED) is 0.688. The highest BCUT2D eigenvalue weighted by Crippen LogP contribution is 2.15. The SMILES string of the molecule is O=C1NCCN2CCN(C(=O)CSCCN3CCCC3)C[C@H]12. The minimum absolute atomic E-state index is 0.0745. The molecule has 0 aromatic carbocycles. The second-order valence-electron chi connectivity index (χ2n) is 6.28. The van der Waals surface area contributed by atoms with Gasteiger partial charge in [0.05, 0.1) is 5.75 Å². The van der Waals surface area contributed by atoms with Gasteiger partial charge < -0.3 is 15.1 Å². The van der Waals surface area contributed by atoms with Crippen molar-refractivity contribution in [3.63, 3.8) is 0 Å². The zero-order valence-electron chi connectivity index (χ0n) is 13.1. The van der Waals surface area contributed by atoms with Gasteiger partial charge in [-0.05, 0) is 25.9 Å². The standard InChI is InChI=1S/C15H26N4O2S/c20-14(12-22-10-9-17-4-1-2-5-17)19-8-7-18-6-3-16-15(21)13(18)11-19/h13H,1-12H2,(H,16,21)/t13-/m1/s1.